The second-order valence-corrected chi connectivity index (χ2v) is 3.83. The van der Waals surface area contributed by atoms with Gasteiger partial charge in [-0.25, -0.2) is 0 Å². The second-order valence-electron chi connectivity index (χ2n) is 2.98. The Kier molecular flexibility index (Phi) is 4.11. The molecule has 1 unspecified atom stereocenters. The van der Waals surface area contributed by atoms with Crippen LogP contribution in [0.1, 0.15) is 18.1 Å². The van der Waals surface area contributed by atoms with Crippen LogP contribution in [0.3, 0.4) is 0 Å². The first-order valence-electron chi connectivity index (χ1n) is 4.28. The lowest BCUT2D eigenvalue weighted by Crippen LogP contribution is -2.07. The Hall–Kier alpha value is -1.07. The highest BCUT2D eigenvalue weighted by Crippen LogP contribution is 2.33. The van der Waals surface area contributed by atoms with Crippen molar-refractivity contribution < 1.29 is 19.7 Å². The molecule has 0 aromatic heterocycles. The molecule has 0 radical (unpaired) electrons. The van der Waals surface area contributed by atoms with Crippen molar-refractivity contribution in [3.05, 3.63) is 28.2 Å². The number of ether oxygens (including phenoxy) is 1. The zero-order valence-electron chi connectivity index (χ0n) is 8.11. The third-order valence-electron chi connectivity index (χ3n) is 1.93. The molecule has 4 nitrogen and oxygen atoms in total. The molecule has 1 rings (SSSR count). The number of para-hydroxylation sites is 1. The van der Waals surface area contributed by atoms with E-state index in [9.17, 15) is 9.90 Å². The van der Waals surface area contributed by atoms with Gasteiger partial charge in [0.25, 0.3) is 0 Å². The van der Waals surface area contributed by atoms with Gasteiger partial charge < -0.3 is 14.9 Å². The maximum absolute atomic E-state index is 10.5. The molecule has 1 aromatic rings. The fraction of sp³-hybridized carbons (Fsp3) is 0.300. The summed E-state index contributed by atoms with van der Waals surface area (Å²) >= 11 is 3.26. The quantitative estimate of drug-likeness (QED) is 0.881. The maximum Gasteiger partial charge on any atom is 0.306 e. The number of hydrogen-bond acceptors (Lipinski definition) is 3. The number of halogens is 1. The Morgan fingerprint density at radius 3 is 2.80 bits per heavy atom. The van der Waals surface area contributed by atoms with Crippen molar-refractivity contribution >= 4 is 21.9 Å². The molecule has 0 saturated carbocycles. The van der Waals surface area contributed by atoms with Crippen LogP contribution in [0.5, 0.6) is 5.75 Å². The molecule has 0 spiro atoms. The normalized spacial score (nSPS) is 12.2. The molecule has 0 heterocycles. The highest BCUT2D eigenvalue weighted by atomic mass is 79.9. The molecule has 0 bridgehead atoms. The van der Waals surface area contributed by atoms with Crippen LogP contribution in [0.25, 0.3) is 0 Å². The van der Waals surface area contributed by atoms with E-state index in [1.54, 1.807) is 18.2 Å². The van der Waals surface area contributed by atoms with E-state index < -0.39 is 12.1 Å². The fourth-order valence-electron chi connectivity index (χ4n) is 1.28. The zero-order chi connectivity index (χ0) is 11.4. The fourth-order valence-corrected chi connectivity index (χ4v) is 1.82. The lowest BCUT2D eigenvalue weighted by molar-refractivity contribution is -0.139. The summed E-state index contributed by atoms with van der Waals surface area (Å²) in [5, 5.41) is 18.2. The summed E-state index contributed by atoms with van der Waals surface area (Å²) in [5.41, 5.74) is 0.467. The van der Waals surface area contributed by atoms with Crippen LogP contribution < -0.4 is 4.74 Å². The first-order chi connectivity index (χ1) is 7.06. The predicted molar refractivity (Wildman–Crippen MR) is 57.9 cm³/mol. The van der Waals surface area contributed by atoms with Crippen LogP contribution in [0.15, 0.2) is 22.7 Å². The Bertz CT molecular complexity index is 364. The standard InChI is InChI=1S/C10H11BrO4/c1-15-10-6(3-2-4-7(10)11)8(12)5-9(13)14/h2-4,8,12H,5H2,1H3,(H,13,14). The van der Waals surface area contributed by atoms with E-state index in [1.807, 2.05) is 0 Å². The van der Waals surface area contributed by atoms with E-state index >= 15 is 0 Å². The lowest BCUT2D eigenvalue weighted by Gasteiger charge is -2.14. The van der Waals surface area contributed by atoms with Gasteiger partial charge in [-0.3, -0.25) is 4.79 Å². The molecule has 15 heavy (non-hydrogen) atoms. The SMILES string of the molecule is COc1c(Br)cccc1C(O)CC(=O)O. The Morgan fingerprint density at radius 1 is 1.60 bits per heavy atom. The van der Waals surface area contributed by atoms with E-state index in [1.165, 1.54) is 7.11 Å². The molecular formula is C10H11BrO4. The lowest BCUT2D eigenvalue weighted by atomic mass is 10.1. The molecular weight excluding hydrogens is 264 g/mol. The highest BCUT2D eigenvalue weighted by molar-refractivity contribution is 9.10. The maximum atomic E-state index is 10.5. The number of benzene rings is 1. The summed E-state index contributed by atoms with van der Waals surface area (Å²) < 4.78 is 5.77. The van der Waals surface area contributed by atoms with Gasteiger partial charge in [0.15, 0.2) is 0 Å². The number of aliphatic hydroxyl groups excluding tert-OH is 1. The molecule has 0 saturated heterocycles. The molecule has 2 N–H and O–H groups in total. The van der Waals surface area contributed by atoms with Crippen molar-refractivity contribution in [3.8, 4) is 5.75 Å². The van der Waals surface area contributed by atoms with Crippen LogP contribution in [-0.4, -0.2) is 23.3 Å². The van der Waals surface area contributed by atoms with Crippen molar-refractivity contribution in [1.82, 2.24) is 0 Å². The van der Waals surface area contributed by atoms with Gasteiger partial charge in [0.1, 0.15) is 5.75 Å². The number of aliphatic carboxylic acids is 1. The van der Waals surface area contributed by atoms with Gasteiger partial charge in [-0.15, -0.1) is 0 Å². The highest BCUT2D eigenvalue weighted by Gasteiger charge is 2.17. The third kappa shape index (κ3) is 2.94. The largest absolute Gasteiger partial charge is 0.495 e. The Morgan fingerprint density at radius 2 is 2.27 bits per heavy atom. The summed E-state index contributed by atoms with van der Waals surface area (Å²) in [6.07, 6.45) is -1.40. The monoisotopic (exact) mass is 274 g/mol. The van der Waals surface area contributed by atoms with Gasteiger partial charge in [0.2, 0.25) is 0 Å². The molecule has 0 fully saturated rings. The molecule has 0 amide bonds. The number of aliphatic hydroxyl groups is 1. The number of carboxylic acids is 1. The molecule has 1 atom stereocenters. The van der Waals surface area contributed by atoms with Crippen LogP contribution in [0, 0.1) is 0 Å². The van der Waals surface area contributed by atoms with Gasteiger partial charge in [-0.05, 0) is 22.0 Å². The first kappa shape index (κ1) is 12.0. The van der Waals surface area contributed by atoms with Crippen molar-refractivity contribution in [2.24, 2.45) is 0 Å². The number of hydrogen-bond donors (Lipinski definition) is 2. The number of rotatable bonds is 4. The second kappa shape index (κ2) is 5.14. The van der Waals surface area contributed by atoms with Gasteiger partial charge in [-0.1, -0.05) is 12.1 Å². The van der Waals surface area contributed by atoms with Crippen LogP contribution >= 0.6 is 15.9 Å². The van der Waals surface area contributed by atoms with Crippen LogP contribution in [0.2, 0.25) is 0 Å². The number of methoxy groups -OCH3 is 1. The average molecular weight is 275 g/mol. The summed E-state index contributed by atoms with van der Waals surface area (Å²) in [6.45, 7) is 0. The third-order valence-corrected chi connectivity index (χ3v) is 2.55. The van der Waals surface area contributed by atoms with Crippen LogP contribution in [0.4, 0.5) is 0 Å². The van der Waals surface area contributed by atoms with E-state index in [0.717, 1.165) is 0 Å². The summed E-state index contributed by atoms with van der Waals surface area (Å²) in [5.74, 6) is -0.587. The number of carboxylic acid groups (broad SMARTS) is 1. The molecule has 0 aliphatic heterocycles. The molecule has 0 aliphatic carbocycles. The molecule has 1 aromatic carbocycles. The summed E-state index contributed by atoms with van der Waals surface area (Å²) in [4.78, 5) is 10.5. The van der Waals surface area contributed by atoms with Gasteiger partial charge >= 0.3 is 5.97 Å². The minimum Gasteiger partial charge on any atom is -0.495 e. The zero-order valence-corrected chi connectivity index (χ0v) is 9.69. The van der Waals surface area contributed by atoms with Gasteiger partial charge in [-0.2, -0.15) is 0 Å². The van der Waals surface area contributed by atoms with E-state index in [0.29, 0.717) is 15.8 Å². The van der Waals surface area contributed by atoms with Crippen molar-refractivity contribution in [2.45, 2.75) is 12.5 Å². The van der Waals surface area contributed by atoms with Crippen molar-refractivity contribution in [1.29, 1.82) is 0 Å². The molecule has 82 valence electrons. The summed E-state index contributed by atoms with van der Waals surface area (Å²) in [6, 6.07) is 5.11. The molecule has 5 heteroatoms. The van der Waals surface area contributed by atoms with Crippen molar-refractivity contribution in [3.63, 3.8) is 0 Å². The van der Waals surface area contributed by atoms with Crippen LogP contribution in [-0.2, 0) is 4.79 Å². The minimum atomic E-state index is -1.06. The van der Waals surface area contributed by atoms with Gasteiger partial charge in [0, 0.05) is 5.56 Å². The Balaban J connectivity index is 3.02. The van der Waals surface area contributed by atoms with E-state index in [-0.39, 0.29) is 6.42 Å². The van der Waals surface area contributed by atoms with E-state index in [2.05, 4.69) is 15.9 Å². The van der Waals surface area contributed by atoms with Crippen molar-refractivity contribution in [2.75, 3.05) is 7.11 Å². The van der Waals surface area contributed by atoms with E-state index in [4.69, 9.17) is 9.84 Å². The predicted octanol–water partition coefficient (Wildman–Crippen LogP) is 1.97. The number of carbonyl (C=O) groups is 1. The topological polar surface area (TPSA) is 66.8 Å². The molecule has 0 aliphatic rings. The average Bonchev–Trinajstić information content (AvgIpc) is 2.16. The smallest absolute Gasteiger partial charge is 0.306 e. The first-order valence-corrected chi connectivity index (χ1v) is 5.07. The Labute approximate surface area is 95.6 Å². The summed E-state index contributed by atoms with van der Waals surface area (Å²) in [7, 11) is 1.47. The minimum absolute atomic E-state index is 0.340. The van der Waals surface area contributed by atoms with Gasteiger partial charge in [0.05, 0.1) is 24.1 Å².